The summed E-state index contributed by atoms with van der Waals surface area (Å²) in [6.45, 7) is 1.93. The maximum absolute atomic E-state index is 12.8. The van der Waals surface area contributed by atoms with Crippen molar-refractivity contribution in [1.29, 1.82) is 0 Å². The maximum atomic E-state index is 12.8. The highest BCUT2D eigenvalue weighted by Crippen LogP contribution is 2.05. The number of carboxylic acid groups (broad SMARTS) is 1. The summed E-state index contributed by atoms with van der Waals surface area (Å²) in [4.78, 5) is 26.0. The molecule has 0 aliphatic heterocycles. The highest BCUT2D eigenvalue weighted by Gasteiger charge is 2.20. The van der Waals surface area contributed by atoms with E-state index < -0.39 is 23.9 Å². The third-order valence-corrected chi connectivity index (χ3v) is 2.44. The lowest BCUT2D eigenvalue weighted by atomic mass is 10.1. The van der Waals surface area contributed by atoms with Crippen LogP contribution in [0.1, 0.15) is 36.5 Å². The minimum absolute atomic E-state index is 0.0604. The molecule has 0 bridgehead atoms. The fourth-order valence-corrected chi connectivity index (χ4v) is 1.45. The normalized spacial score (nSPS) is 11.9. The largest absolute Gasteiger partial charge is 0.480 e. The van der Waals surface area contributed by atoms with E-state index in [0.717, 1.165) is 18.7 Å². The number of amides is 1. The van der Waals surface area contributed by atoms with Crippen LogP contribution in [0.4, 0.5) is 4.39 Å². The van der Waals surface area contributed by atoms with Crippen LogP contribution in [0.25, 0.3) is 0 Å². The number of nitrogens with zero attached hydrogens (tertiary/aromatic N) is 1. The molecule has 1 amide bonds. The van der Waals surface area contributed by atoms with Gasteiger partial charge in [0.2, 0.25) is 5.95 Å². The molecule has 1 heterocycles. The third-order valence-electron chi connectivity index (χ3n) is 2.44. The molecule has 6 heteroatoms. The summed E-state index contributed by atoms with van der Waals surface area (Å²) in [6, 6.07) is 1.35. The number of unbranched alkanes of at least 4 members (excludes halogenated alkanes) is 1. The first-order valence-electron chi connectivity index (χ1n) is 5.69. The number of nitrogens with one attached hydrogen (secondary N) is 1. The zero-order valence-corrected chi connectivity index (χ0v) is 10.0. The van der Waals surface area contributed by atoms with E-state index in [1.807, 2.05) is 6.92 Å². The van der Waals surface area contributed by atoms with Crippen molar-refractivity contribution in [2.45, 2.75) is 32.2 Å². The molecule has 0 aliphatic carbocycles. The number of carbonyl (C=O) groups is 2. The van der Waals surface area contributed by atoms with Crippen molar-refractivity contribution in [3.8, 4) is 0 Å². The van der Waals surface area contributed by atoms with Crippen molar-refractivity contribution in [2.75, 3.05) is 0 Å². The van der Waals surface area contributed by atoms with Gasteiger partial charge in [-0.3, -0.25) is 4.79 Å². The number of halogens is 1. The van der Waals surface area contributed by atoms with E-state index in [0.29, 0.717) is 12.8 Å². The van der Waals surface area contributed by atoms with Crippen LogP contribution < -0.4 is 5.32 Å². The molecule has 1 aromatic heterocycles. The monoisotopic (exact) mass is 254 g/mol. The van der Waals surface area contributed by atoms with Crippen LogP contribution in [0.5, 0.6) is 0 Å². The Morgan fingerprint density at radius 3 is 2.83 bits per heavy atom. The topological polar surface area (TPSA) is 79.3 Å². The average Bonchev–Trinajstić information content (AvgIpc) is 2.33. The predicted molar refractivity (Wildman–Crippen MR) is 62.6 cm³/mol. The predicted octanol–water partition coefficient (Wildman–Crippen LogP) is 1.59. The lowest BCUT2D eigenvalue weighted by molar-refractivity contribution is -0.139. The summed E-state index contributed by atoms with van der Waals surface area (Å²) in [5, 5.41) is 11.3. The van der Waals surface area contributed by atoms with Gasteiger partial charge < -0.3 is 10.4 Å². The maximum Gasteiger partial charge on any atom is 0.326 e. The molecule has 1 aromatic rings. The lowest BCUT2D eigenvalue weighted by Gasteiger charge is -2.13. The number of aromatic nitrogens is 1. The van der Waals surface area contributed by atoms with Crippen LogP contribution in [0.2, 0.25) is 0 Å². The van der Waals surface area contributed by atoms with Crippen LogP contribution >= 0.6 is 0 Å². The Hall–Kier alpha value is -1.98. The zero-order valence-electron chi connectivity index (χ0n) is 10.0. The molecular weight excluding hydrogens is 239 g/mol. The summed E-state index contributed by atoms with van der Waals surface area (Å²) < 4.78 is 12.8. The van der Waals surface area contributed by atoms with Crippen molar-refractivity contribution < 1.29 is 19.1 Å². The number of carboxylic acids is 1. The van der Waals surface area contributed by atoms with Crippen LogP contribution in [0.15, 0.2) is 18.3 Å². The minimum Gasteiger partial charge on any atom is -0.480 e. The third kappa shape index (κ3) is 4.12. The van der Waals surface area contributed by atoms with Gasteiger partial charge in [-0.1, -0.05) is 19.8 Å². The van der Waals surface area contributed by atoms with E-state index in [1.54, 1.807) is 0 Å². The van der Waals surface area contributed by atoms with E-state index >= 15 is 0 Å². The van der Waals surface area contributed by atoms with Gasteiger partial charge in [-0.15, -0.1) is 0 Å². The molecule has 2 N–H and O–H groups in total. The summed E-state index contributed by atoms with van der Waals surface area (Å²) in [6.07, 6.45) is 3.04. The van der Waals surface area contributed by atoms with Crippen LogP contribution in [0.3, 0.4) is 0 Å². The smallest absolute Gasteiger partial charge is 0.326 e. The van der Waals surface area contributed by atoms with E-state index in [9.17, 15) is 14.0 Å². The molecule has 98 valence electrons. The minimum atomic E-state index is -1.09. The molecule has 5 nitrogen and oxygen atoms in total. The number of carbonyl (C=O) groups excluding carboxylic acids is 1. The lowest BCUT2D eigenvalue weighted by Crippen LogP contribution is -2.40. The Balaban J connectivity index is 2.69. The van der Waals surface area contributed by atoms with Gasteiger partial charge in [-0.25, -0.2) is 9.78 Å². The second-order valence-electron chi connectivity index (χ2n) is 3.87. The Kier molecular flexibility index (Phi) is 5.23. The van der Waals surface area contributed by atoms with Crippen molar-refractivity contribution in [2.24, 2.45) is 0 Å². The van der Waals surface area contributed by atoms with Crippen molar-refractivity contribution in [3.05, 3.63) is 29.8 Å². The van der Waals surface area contributed by atoms with Gasteiger partial charge in [0, 0.05) is 17.8 Å². The standard InChI is InChI=1S/C12H15FN2O3/c1-2-3-4-9(12(17)18)15-11(16)8-5-6-14-10(13)7-8/h5-7,9H,2-4H2,1H3,(H,15,16)(H,17,18)/t9-/m0/s1. The average molecular weight is 254 g/mol. The molecule has 0 saturated heterocycles. The molecule has 0 aliphatic rings. The van der Waals surface area contributed by atoms with Gasteiger partial charge in [-0.2, -0.15) is 4.39 Å². The van der Waals surface area contributed by atoms with Gasteiger partial charge in [0.25, 0.3) is 5.91 Å². The first-order valence-corrected chi connectivity index (χ1v) is 5.69. The fourth-order valence-electron chi connectivity index (χ4n) is 1.45. The quantitative estimate of drug-likeness (QED) is 0.755. The van der Waals surface area contributed by atoms with Gasteiger partial charge in [0.15, 0.2) is 0 Å². The zero-order chi connectivity index (χ0) is 13.5. The Bertz CT molecular complexity index is 437. The number of hydrogen-bond acceptors (Lipinski definition) is 3. The first kappa shape index (κ1) is 14.1. The first-order chi connectivity index (χ1) is 8.54. The van der Waals surface area contributed by atoms with Gasteiger partial charge in [0.05, 0.1) is 0 Å². The van der Waals surface area contributed by atoms with Gasteiger partial charge >= 0.3 is 5.97 Å². The number of rotatable bonds is 6. The number of pyridine rings is 1. The molecular formula is C12H15FN2O3. The second kappa shape index (κ2) is 6.68. The molecule has 0 aromatic carbocycles. The summed E-state index contributed by atoms with van der Waals surface area (Å²) in [5.41, 5.74) is 0.0604. The van der Waals surface area contributed by atoms with E-state index in [2.05, 4.69) is 10.3 Å². The Morgan fingerprint density at radius 1 is 1.56 bits per heavy atom. The molecule has 0 fully saturated rings. The number of hydrogen-bond donors (Lipinski definition) is 2. The number of aliphatic carboxylic acids is 1. The molecule has 0 radical (unpaired) electrons. The highest BCUT2D eigenvalue weighted by molar-refractivity contribution is 5.96. The Morgan fingerprint density at radius 2 is 2.28 bits per heavy atom. The van der Waals surface area contributed by atoms with Crippen LogP contribution in [-0.2, 0) is 4.79 Å². The summed E-state index contributed by atoms with van der Waals surface area (Å²) in [5.74, 6) is -2.48. The molecule has 1 atom stereocenters. The SMILES string of the molecule is CCCC[C@H](NC(=O)c1ccnc(F)c1)C(=O)O. The molecule has 1 rings (SSSR count). The fraction of sp³-hybridized carbons (Fsp3) is 0.417. The Labute approximate surface area is 104 Å². The molecule has 0 unspecified atom stereocenters. The van der Waals surface area contributed by atoms with Gasteiger partial charge in [-0.05, 0) is 12.5 Å². The highest BCUT2D eigenvalue weighted by atomic mass is 19.1. The summed E-state index contributed by atoms with van der Waals surface area (Å²) in [7, 11) is 0. The van der Waals surface area contributed by atoms with Crippen LogP contribution in [0, 0.1) is 5.95 Å². The van der Waals surface area contributed by atoms with Crippen molar-refractivity contribution in [3.63, 3.8) is 0 Å². The van der Waals surface area contributed by atoms with E-state index in [-0.39, 0.29) is 5.56 Å². The van der Waals surface area contributed by atoms with E-state index in [1.165, 1.54) is 6.07 Å². The van der Waals surface area contributed by atoms with Crippen molar-refractivity contribution in [1.82, 2.24) is 10.3 Å². The van der Waals surface area contributed by atoms with E-state index in [4.69, 9.17) is 5.11 Å². The second-order valence-corrected chi connectivity index (χ2v) is 3.87. The van der Waals surface area contributed by atoms with Gasteiger partial charge in [0.1, 0.15) is 6.04 Å². The molecule has 0 spiro atoms. The molecule has 0 saturated carbocycles. The molecule has 18 heavy (non-hydrogen) atoms. The summed E-state index contributed by atoms with van der Waals surface area (Å²) >= 11 is 0. The van der Waals surface area contributed by atoms with Crippen molar-refractivity contribution >= 4 is 11.9 Å². The van der Waals surface area contributed by atoms with Crippen LogP contribution in [-0.4, -0.2) is 28.0 Å².